The van der Waals surface area contributed by atoms with Gasteiger partial charge in [-0.3, -0.25) is 4.79 Å². The molecule has 158 valence electrons. The van der Waals surface area contributed by atoms with E-state index in [1.165, 1.54) is 41.3 Å². The number of aromatic nitrogens is 1. The molecule has 0 atom stereocenters. The van der Waals surface area contributed by atoms with Crippen molar-refractivity contribution in [1.82, 2.24) is 4.98 Å². The van der Waals surface area contributed by atoms with E-state index in [4.69, 9.17) is 0 Å². The minimum atomic E-state index is -4.42. The van der Waals surface area contributed by atoms with Gasteiger partial charge in [-0.05, 0) is 43.3 Å². The van der Waals surface area contributed by atoms with Gasteiger partial charge in [0.1, 0.15) is 9.88 Å². The highest BCUT2D eigenvalue weighted by Gasteiger charge is 2.30. The molecule has 0 aliphatic heterocycles. The number of benzene rings is 2. The first-order valence-electron chi connectivity index (χ1n) is 8.61. The monoisotopic (exact) mass is 454 g/mol. The zero-order valence-corrected chi connectivity index (χ0v) is 17.8. The zero-order chi connectivity index (χ0) is 22.3. The summed E-state index contributed by atoms with van der Waals surface area (Å²) < 4.78 is 61.4. The molecule has 2 aromatic carbocycles. The molecule has 1 aromatic heterocycles. The maximum Gasteiger partial charge on any atom is 0.416 e. The molecular formula is C20H17F3N2O3S2. The van der Waals surface area contributed by atoms with Crippen LogP contribution in [0, 0.1) is 6.92 Å². The number of anilines is 1. The first-order chi connectivity index (χ1) is 13.9. The second-order valence-corrected chi connectivity index (χ2v) is 9.65. The van der Waals surface area contributed by atoms with Crippen LogP contribution in [0.5, 0.6) is 0 Å². The van der Waals surface area contributed by atoms with E-state index in [2.05, 4.69) is 4.98 Å². The van der Waals surface area contributed by atoms with Crippen molar-refractivity contribution in [2.24, 2.45) is 0 Å². The molecule has 0 N–H and O–H groups in total. The molecule has 0 bridgehead atoms. The van der Waals surface area contributed by atoms with Crippen molar-refractivity contribution in [3.8, 4) is 10.6 Å². The Morgan fingerprint density at radius 2 is 1.60 bits per heavy atom. The normalized spacial score (nSPS) is 12.1. The Morgan fingerprint density at radius 3 is 2.10 bits per heavy atom. The number of carbonyl (C=O) groups is 1. The smallest absolute Gasteiger partial charge is 0.311 e. The Labute approximate surface area is 175 Å². The summed E-state index contributed by atoms with van der Waals surface area (Å²) in [6, 6.07) is 10.5. The van der Waals surface area contributed by atoms with E-state index in [1.807, 2.05) is 0 Å². The summed E-state index contributed by atoms with van der Waals surface area (Å²) in [5.74, 6) is -0.352. The van der Waals surface area contributed by atoms with Crippen LogP contribution >= 0.6 is 11.3 Å². The van der Waals surface area contributed by atoms with Crippen LogP contribution in [0.25, 0.3) is 10.6 Å². The molecule has 0 saturated carbocycles. The highest BCUT2D eigenvalue weighted by atomic mass is 32.2. The predicted octanol–water partition coefficient (Wildman–Crippen LogP) is 4.82. The maximum atomic E-state index is 12.9. The molecule has 0 fully saturated rings. The van der Waals surface area contributed by atoms with Crippen LogP contribution in [0.4, 0.5) is 18.9 Å². The second kappa shape index (κ2) is 7.84. The summed E-state index contributed by atoms with van der Waals surface area (Å²) >= 11 is 1.09. The van der Waals surface area contributed by atoms with Crippen molar-refractivity contribution in [1.29, 1.82) is 0 Å². The van der Waals surface area contributed by atoms with Crippen molar-refractivity contribution in [2.75, 3.05) is 18.2 Å². The van der Waals surface area contributed by atoms with E-state index >= 15 is 0 Å². The van der Waals surface area contributed by atoms with E-state index in [1.54, 1.807) is 14.0 Å². The van der Waals surface area contributed by atoms with Crippen molar-refractivity contribution in [2.45, 2.75) is 18.0 Å². The first-order valence-corrected chi connectivity index (χ1v) is 11.3. The number of thiazole rings is 1. The predicted molar refractivity (Wildman–Crippen MR) is 110 cm³/mol. The number of rotatable bonds is 4. The molecule has 10 heteroatoms. The number of nitrogens with zero attached hydrogens (tertiary/aromatic N) is 2. The van der Waals surface area contributed by atoms with Gasteiger partial charge in [-0.25, -0.2) is 13.4 Å². The maximum absolute atomic E-state index is 12.9. The van der Waals surface area contributed by atoms with Crippen LogP contribution in [-0.4, -0.2) is 32.6 Å². The lowest BCUT2D eigenvalue weighted by molar-refractivity contribution is -0.137. The minimum Gasteiger partial charge on any atom is -0.311 e. The SMILES string of the molecule is Cc1nc(-c2ccc(C(F)(F)F)cc2)sc1C(=O)N(C)c1ccc(S(C)(=O)=O)cc1. The zero-order valence-electron chi connectivity index (χ0n) is 16.2. The molecule has 0 radical (unpaired) electrons. The third kappa shape index (κ3) is 4.54. The van der Waals surface area contributed by atoms with Crippen LogP contribution in [0.15, 0.2) is 53.4 Å². The third-order valence-corrected chi connectivity index (χ3v) is 6.73. The molecule has 5 nitrogen and oxygen atoms in total. The van der Waals surface area contributed by atoms with Crippen LogP contribution in [0.1, 0.15) is 20.9 Å². The fourth-order valence-electron chi connectivity index (χ4n) is 2.71. The minimum absolute atomic E-state index is 0.144. The summed E-state index contributed by atoms with van der Waals surface area (Å²) in [4.78, 5) is 19.1. The quantitative estimate of drug-likeness (QED) is 0.567. The number of aryl methyl sites for hydroxylation is 1. The molecule has 30 heavy (non-hydrogen) atoms. The van der Waals surface area contributed by atoms with E-state index in [9.17, 15) is 26.4 Å². The lowest BCUT2D eigenvalue weighted by Crippen LogP contribution is -2.26. The number of amides is 1. The van der Waals surface area contributed by atoms with Gasteiger partial charge in [-0.1, -0.05) is 12.1 Å². The number of hydrogen-bond donors (Lipinski definition) is 0. The molecule has 0 aliphatic carbocycles. The molecule has 1 amide bonds. The van der Waals surface area contributed by atoms with Crippen LogP contribution < -0.4 is 4.90 Å². The second-order valence-electron chi connectivity index (χ2n) is 6.64. The molecule has 0 aliphatic rings. The lowest BCUT2D eigenvalue weighted by Gasteiger charge is -2.17. The number of carbonyl (C=O) groups excluding carboxylic acids is 1. The Morgan fingerprint density at radius 1 is 1.03 bits per heavy atom. The fourth-order valence-corrected chi connectivity index (χ4v) is 4.38. The van der Waals surface area contributed by atoms with Crippen LogP contribution in [-0.2, 0) is 16.0 Å². The van der Waals surface area contributed by atoms with E-state index in [0.29, 0.717) is 26.8 Å². The van der Waals surface area contributed by atoms with Gasteiger partial charge in [0.15, 0.2) is 9.84 Å². The largest absolute Gasteiger partial charge is 0.416 e. The van der Waals surface area contributed by atoms with Gasteiger partial charge in [0.2, 0.25) is 0 Å². The summed E-state index contributed by atoms with van der Waals surface area (Å²) in [5.41, 5.74) is 0.680. The molecule has 3 rings (SSSR count). The van der Waals surface area contributed by atoms with Crippen molar-refractivity contribution >= 4 is 32.8 Å². The summed E-state index contributed by atoms with van der Waals surface area (Å²) in [6.45, 7) is 1.65. The number of halogens is 3. The molecule has 0 unspecified atom stereocenters. The highest BCUT2D eigenvalue weighted by molar-refractivity contribution is 7.90. The first kappa shape index (κ1) is 22.0. The number of sulfone groups is 1. The Balaban J connectivity index is 1.86. The van der Waals surface area contributed by atoms with Gasteiger partial charge in [0, 0.05) is 24.6 Å². The lowest BCUT2D eigenvalue weighted by atomic mass is 10.1. The Hall–Kier alpha value is -2.72. The Kier molecular flexibility index (Phi) is 5.74. The standard InChI is InChI=1S/C20H17F3N2O3S2/c1-12-17(19(26)25(2)15-8-10-16(11-9-15)30(3,27)28)29-18(24-12)13-4-6-14(7-5-13)20(21,22)23/h4-11H,1-3H3. The van der Waals surface area contributed by atoms with E-state index < -0.39 is 21.6 Å². The van der Waals surface area contributed by atoms with Crippen LogP contribution in [0.2, 0.25) is 0 Å². The van der Waals surface area contributed by atoms with Gasteiger partial charge in [0.05, 0.1) is 16.2 Å². The summed E-state index contributed by atoms with van der Waals surface area (Å²) in [7, 11) is -1.80. The Bertz CT molecular complexity index is 1180. The fraction of sp³-hybridized carbons (Fsp3) is 0.200. The van der Waals surface area contributed by atoms with Crippen LogP contribution in [0.3, 0.4) is 0 Å². The van der Waals surface area contributed by atoms with Gasteiger partial charge in [-0.15, -0.1) is 11.3 Å². The molecule has 3 aromatic rings. The number of hydrogen-bond acceptors (Lipinski definition) is 5. The average Bonchev–Trinajstić information content (AvgIpc) is 3.07. The van der Waals surface area contributed by atoms with Gasteiger partial charge < -0.3 is 4.90 Å². The highest BCUT2D eigenvalue weighted by Crippen LogP contribution is 2.33. The molecular weight excluding hydrogens is 437 g/mol. The average molecular weight is 454 g/mol. The van der Waals surface area contributed by atoms with Crippen molar-refractivity contribution < 1.29 is 26.4 Å². The van der Waals surface area contributed by atoms with E-state index in [0.717, 1.165) is 29.7 Å². The van der Waals surface area contributed by atoms with Gasteiger partial charge in [-0.2, -0.15) is 13.2 Å². The molecule has 0 spiro atoms. The van der Waals surface area contributed by atoms with Gasteiger partial charge in [0.25, 0.3) is 5.91 Å². The number of alkyl halides is 3. The summed E-state index contributed by atoms with van der Waals surface area (Å²) in [6.07, 6.45) is -3.33. The van der Waals surface area contributed by atoms with Gasteiger partial charge >= 0.3 is 6.18 Å². The topological polar surface area (TPSA) is 67.3 Å². The van der Waals surface area contributed by atoms with E-state index in [-0.39, 0.29) is 10.8 Å². The third-order valence-electron chi connectivity index (χ3n) is 4.41. The van der Waals surface area contributed by atoms with Crippen molar-refractivity contribution in [3.05, 3.63) is 64.7 Å². The molecule has 1 heterocycles. The summed E-state index contributed by atoms with van der Waals surface area (Å²) in [5, 5.41) is 0.436. The molecule has 0 saturated heterocycles. The van der Waals surface area contributed by atoms with Crippen molar-refractivity contribution in [3.63, 3.8) is 0 Å².